The molecule has 0 spiro atoms. The number of allylic oxidation sites excluding steroid dienone is 1. The fourth-order valence-electron chi connectivity index (χ4n) is 1.28. The third kappa shape index (κ3) is 5.29. The molecule has 0 heterocycles. The summed E-state index contributed by atoms with van der Waals surface area (Å²) in [6.45, 7) is 1.33. The zero-order chi connectivity index (χ0) is 12.8. The molecule has 1 fully saturated rings. The highest BCUT2D eigenvalue weighted by Gasteiger charge is 2.21. The molecule has 0 aliphatic heterocycles. The van der Waals surface area contributed by atoms with E-state index in [9.17, 15) is 14.4 Å². The molecule has 5 heteroatoms. The summed E-state index contributed by atoms with van der Waals surface area (Å²) in [7, 11) is 1.24. The molecular formula is C12H17NO4. The van der Waals surface area contributed by atoms with E-state index < -0.39 is 12.0 Å². The van der Waals surface area contributed by atoms with Crippen LogP contribution in [0, 0.1) is 5.92 Å². The number of nitrogens with one attached hydrogen (secondary N) is 1. The molecule has 0 aromatic rings. The first kappa shape index (κ1) is 13.4. The predicted molar refractivity (Wildman–Crippen MR) is 61.1 cm³/mol. The maximum Gasteiger partial charge on any atom is 0.308 e. The van der Waals surface area contributed by atoms with E-state index in [-0.39, 0.29) is 18.1 Å². The number of esters is 1. The second kappa shape index (κ2) is 6.18. The molecule has 0 aromatic heterocycles. The van der Waals surface area contributed by atoms with Crippen LogP contribution in [0.25, 0.3) is 0 Å². The van der Waals surface area contributed by atoms with Gasteiger partial charge in [-0.25, -0.2) is 0 Å². The summed E-state index contributed by atoms with van der Waals surface area (Å²) in [5.41, 5.74) is 0. The van der Waals surface area contributed by atoms with E-state index in [0.717, 1.165) is 12.8 Å². The summed E-state index contributed by atoms with van der Waals surface area (Å²) in [5.74, 6) is -0.626. The normalized spacial score (nSPS) is 16.6. The van der Waals surface area contributed by atoms with Crippen molar-refractivity contribution in [1.82, 2.24) is 5.32 Å². The second-order valence-electron chi connectivity index (χ2n) is 4.15. The Labute approximate surface area is 100 Å². The molecule has 0 aromatic carbocycles. The average molecular weight is 239 g/mol. The molecule has 1 rings (SSSR count). The summed E-state index contributed by atoms with van der Waals surface area (Å²) in [6, 6.07) is -0.807. The van der Waals surface area contributed by atoms with Gasteiger partial charge in [0.05, 0.1) is 19.6 Å². The Bertz CT molecular complexity index is 344. The van der Waals surface area contributed by atoms with Gasteiger partial charge in [0.1, 0.15) is 0 Å². The largest absolute Gasteiger partial charge is 0.469 e. The number of rotatable bonds is 6. The molecule has 1 saturated carbocycles. The van der Waals surface area contributed by atoms with Crippen molar-refractivity contribution in [2.24, 2.45) is 5.92 Å². The molecule has 1 amide bonds. The minimum absolute atomic E-state index is 0.130. The SMILES string of the molecule is COC(=O)C[C@H](NC(=O)/C=C/C1CC1)C(C)=O. The fraction of sp³-hybridized carbons (Fsp3) is 0.583. The van der Waals surface area contributed by atoms with Crippen LogP contribution in [-0.2, 0) is 19.1 Å². The molecule has 1 aliphatic carbocycles. The number of methoxy groups -OCH3 is 1. The predicted octanol–water partition coefficient (Wildman–Crippen LogP) is 0.589. The minimum Gasteiger partial charge on any atom is -0.469 e. The van der Waals surface area contributed by atoms with E-state index in [1.54, 1.807) is 0 Å². The van der Waals surface area contributed by atoms with Crippen LogP contribution in [0.3, 0.4) is 0 Å². The molecule has 5 nitrogen and oxygen atoms in total. The first-order valence-electron chi connectivity index (χ1n) is 5.59. The summed E-state index contributed by atoms with van der Waals surface area (Å²) < 4.78 is 4.46. The van der Waals surface area contributed by atoms with Gasteiger partial charge < -0.3 is 10.1 Å². The Morgan fingerprint density at radius 2 is 2.06 bits per heavy atom. The number of ketones is 1. The van der Waals surface area contributed by atoms with Crippen molar-refractivity contribution < 1.29 is 19.1 Å². The summed E-state index contributed by atoms with van der Waals surface area (Å²) in [6.07, 6.45) is 5.34. The lowest BCUT2D eigenvalue weighted by Gasteiger charge is -2.13. The number of hydrogen-bond acceptors (Lipinski definition) is 4. The van der Waals surface area contributed by atoms with E-state index >= 15 is 0 Å². The second-order valence-corrected chi connectivity index (χ2v) is 4.15. The minimum atomic E-state index is -0.807. The van der Waals surface area contributed by atoms with Crippen LogP contribution in [0.1, 0.15) is 26.2 Å². The van der Waals surface area contributed by atoms with Gasteiger partial charge in [-0.1, -0.05) is 6.08 Å². The van der Waals surface area contributed by atoms with Crippen LogP contribution in [0.15, 0.2) is 12.2 Å². The van der Waals surface area contributed by atoms with Crippen LogP contribution < -0.4 is 5.32 Å². The number of Topliss-reactive ketones (excluding diaryl/α,β-unsaturated/α-hetero) is 1. The van der Waals surface area contributed by atoms with Crippen molar-refractivity contribution in [3.63, 3.8) is 0 Å². The van der Waals surface area contributed by atoms with Crippen LogP contribution in [-0.4, -0.2) is 30.8 Å². The zero-order valence-corrected chi connectivity index (χ0v) is 10.1. The summed E-state index contributed by atoms with van der Waals surface area (Å²) >= 11 is 0. The molecule has 1 aliphatic rings. The van der Waals surface area contributed by atoms with Crippen molar-refractivity contribution in [3.05, 3.63) is 12.2 Å². The third-order valence-corrected chi connectivity index (χ3v) is 2.55. The number of ether oxygens (including phenoxy) is 1. The maximum absolute atomic E-state index is 11.5. The monoisotopic (exact) mass is 239 g/mol. The van der Waals surface area contributed by atoms with E-state index in [1.807, 2.05) is 6.08 Å². The average Bonchev–Trinajstić information content (AvgIpc) is 3.08. The van der Waals surface area contributed by atoms with Gasteiger partial charge in [-0.05, 0) is 31.8 Å². The molecule has 0 saturated heterocycles. The van der Waals surface area contributed by atoms with E-state index in [1.165, 1.54) is 20.1 Å². The van der Waals surface area contributed by atoms with Gasteiger partial charge in [-0.2, -0.15) is 0 Å². The van der Waals surface area contributed by atoms with Gasteiger partial charge in [-0.3, -0.25) is 14.4 Å². The Morgan fingerprint density at radius 3 is 2.53 bits per heavy atom. The number of carbonyl (C=O) groups excluding carboxylic acids is 3. The van der Waals surface area contributed by atoms with Crippen molar-refractivity contribution in [3.8, 4) is 0 Å². The van der Waals surface area contributed by atoms with E-state index in [0.29, 0.717) is 5.92 Å². The maximum atomic E-state index is 11.5. The van der Waals surface area contributed by atoms with Gasteiger partial charge in [0.25, 0.3) is 0 Å². The van der Waals surface area contributed by atoms with E-state index in [2.05, 4.69) is 10.1 Å². The Kier molecular flexibility index (Phi) is 4.87. The lowest BCUT2D eigenvalue weighted by Crippen LogP contribution is -2.40. The first-order valence-corrected chi connectivity index (χ1v) is 5.59. The Morgan fingerprint density at radius 1 is 1.41 bits per heavy atom. The zero-order valence-electron chi connectivity index (χ0n) is 10.1. The van der Waals surface area contributed by atoms with Crippen molar-refractivity contribution in [2.75, 3.05) is 7.11 Å². The van der Waals surface area contributed by atoms with Crippen LogP contribution in [0.5, 0.6) is 0 Å². The highest BCUT2D eigenvalue weighted by atomic mass is 16.5. The molecule has 0 unspecified atom stereocenters. The number of carbonyl (C=O) groups is 3. The molecule has 94 valence electrons. The van der Waals surface area contributed by atoms with Crippen LogP contribution in [0.2, 0.25) is 0 Å². The topological polar surface area (TPSA) is 72.5 Å². The molecular weight excluding hydrogens is 222 g/mol. The number of hydrogen-bond donors (Lipinski definition) is 1. The standard InChI is InChI=1S/C12H17NO4/c1-8(14)10(7-12(16)17-2)13-11(15)6-5-9-3-4-9/h5-6,9-10H,3-4,7H2,1-2H3,(H,13,15)/b6-5+/t10-/m0/s1. The van der Waals surface area contributed by atoms with Crippen molar-refractivity contribution in [2.45, 2.75) is 32.2 Å². The van der Waals surface area contributed by atoms with Crippen LogP contribution in [0.4, 0.5) is 0 Å². The van der Waals surface area contributed by atoms with Crippen LogP contribution >= 0.6 is 0 Å². The highest BCUT2D eigenvalue weighted by molar-refractivity contribution is 5.94. The lowest BCUT2D eigenvalue weighted by atomic mass is 10.1. The molecule has 1 atom stereocenters. The third-order valence-electron chi connectivity index (χ3n) is 2.55. The molecule has 1 N–H and O–H groups in total. The van der Waals surface area contributed by atoms with Crippen molar-refractivity contribution in [1.29, 1.82) is 0 Å². The summed E-state index contributed by atoms with van der Waals surface area (Å²) in [4.78, 5) is 33.7. The Balaban J connectivity index is 2.44. The molecule has 0 bridgehead atoms. The van der Waals surface area contributed by atoms with Gasteiger partial charge >= 0.3 is 5.97 Å². The van der Waals surface area contributed by atoms with Gasteiger partial charge in [0, 0.05) is 0 Å². The van der Waals surface area contributed by atoms with E-state index in [4.69, 9.17) is 0 Å². The smallest absolute Gasteiger partial charge is 0.308 e. The lowest BCUT2D eigenvalue weighted by molar-refractivity contribution is -0.142. The molecule has 0 radical (unpaired) electrons. The van der Waals surface area contributed by atoms with Gasteiger partial charge in [0.2, 0.25) is 5.91 Å². The highest BCUT2D eigenvalue weighted by Crippen LogP contribution is 2.29. The first-order chi connectivity index (χ1) is 8.02. The number of amides is 1. The molecule has 17 heavy (non-hydrogen) atoms. The van der Waals surface area contributed by atoms with Gasteiger partial charge in [-0.15, -0.1) is 0 Å². The quantitative estimate of drug-likeness (QED) is 0.544. The summed E-state index contributed by atoms with van der Waals surface area (Å²) in [5, 5.41) is 2.49. The van der Waals surface area contributed by atoms with Crippen molar-refractivity contribution >= 4 is 17.7 Å². The fourth-order valence-corrected chi connectivity index (χ4v) is 1.28. The van der Waals surface area contributed by atoms with Gasteiger partial charge in [0.15, 0.2) is 5.78 Å². The Hall–Kier alpha value is -1.65.